The number of aliphatic hydroxyl groups is 1. The summed E-state index contributed by atoms with van der Waals surface area (Å²) in [4.78, 5) is 16.3. The normalized spacial score (nSPS) is 19.7. The van der Waals surface area contributed by atoms with E-state index in [0.717, 1.165) is 16.2 Å². The van der Waals surface area contributed by atoms with Crippen LogP contribution >= 0.6 is 11.8 Å². The van der Waals surface area contributed by atoms with Crippen molar-refractivity contribution in [2.24, 2.45) is 0 Å². The minimum atomic E-state index is -0.537. The average Bonchev–Trinajstić information content (AvgIpc) is 2.84. The number of pyridine rings is 1. The van der Waals surface area contributed by atoms with Crippen LogP contribution in [0.15, 0.2) is 53.7 Å². The highest BCUT2D eigenvalue weighted by Crippen LogP contribution is 2.31. The lowest BCUT2D eigenvalue weighted by Crippen LogP contribution is -2.34. The van der Waals surface area contributed by atoms with Crippen LogP contribution in [0.25, 0.3) is 0 Å². The molecule has 0 saturated heterocycles. The highest BCUT2D eigenvalue weighted by Gasteiger charge is 2.31. The Hall–Kier alpha value is -1.85. The predicted octanol–water partition coefficient (Wildman–Crippen LogP) is 2.34. The maximum absolute atomic E-state index is 12.1. The van der Waals surface area contributed by atoms with E-state index in [4.69, 9.17) is 0 Å². The number of nitrogens with one attached hydrogen (secondary N) is 1. The Bertz CT molecular complexity index is 648. The van der Waals surface area contributed by atoms with Crippen LogP contribution in [0.5, 0.6) is 0 Å². The summed E-state index contributed by atoms with van der Waals surface area (Å²) < 4.78 is 0. The Morgan fingerprint density at radius 2 is 2.09 bits per heavy atom. The summed E-state index contributed by atoms with van der Waals surface area (Å²) in [6, 6.07) is 13.3. The molecule has 4 nitrogen and oxygen atoms in total. The lowest BCUT2D eigenvalue weighted by Gasteiger charge is -2.17. The smallest absolute Gasteiger partial charge is 0.221 e. The number of hydrogen-bond acceptors (Lipinski definition) is 4. The molecule has 1 amide bonds. The van der Waals surface area contributed by atoms with E-state index in [2.05, 4.69) is 10.3 Å². The number of aliphatic hydroxyl groups excluding tert-OH is 1. The lowest BCUT2D eigenvalue weighted by atomic mass is 10.1. The van der Waals surface area contributed by atoms with Crippen LogP contribution in [0.3, 0.4) is 0 Å². The first-order valence-electron chi connectivity index (χ1n) is 7.33. The van der Waals surface area contributed by atoms with Gasteiger partial charge in [-0.25, -0.2) is 4.98 Å². The number of carbonyl (C=O) groups is 1. The van der Waals surface area contributed by atoms with E-state index in [0.29, 0.717) is 18.6 Å². The summed E-state index contributed by atoms with van der Waals surface area (Å²) >= 11 is 1.56. The number of hydrogen-bond donors (Lipinski definition) is 2. The monoisotopic (exact) mass is 314 g/mol. The molecular formula is C17H18N2O2S. The number of carbonyl (C=O) groups excluding carboxylic acids is 1. The second-order valence-corrected chi connectivity index (χ2v) is 6.40. The minimum absolute atomic E-state index is 0.0378. The summed E-state index contributed by atoms with van der Waals surface area (Å²) in [6.45, 7) is 0. The molecule has 0 unspecified atom stereocenters. The SMILES string of the molecule is O=C(CCSc1ccccn1)N[C@@H]1c2ccccc2C[C@@H]1O. The largest absolute Gasteiger partial charge is 0.390 e. The van der Waals surface area contributed by atoms with Gasteiger partial charge in [0.05, 0.1) is 17.2 Å². The number of fused-ring (bicyclic) bond motifs is 1. The van der Waals surface area contributed by atoms with Gasteiger partial charge in [0, 0.05) is 24.8 Å². The topological polar surface area (TPSA) is 62.2 Å². The number of nitrogens with zero attached hydrogens (tertiary/aromatic N) is 1. The van der Waals surface area contributed by atoms with Gasteiger partial charge in [-0.2, -0.15) is 0 Å². The first kappa shape index (κ1) is 15.1. The number of benzene rings is 1. The van der Waals surface area contributed by atoms with Crippen LogP contribution in [0.1, 0.15) is 23.6 Å². The summed E-state index contributed by atoms with van der Waals surface area (Å²) in [5, 5.41) is 14.0. The number of rotatable bonds is 5. The molecule has 0 spiro atoms. The molecule has 1 aromatic heterocycles. The Morgan fingerprint density at radius 3 is 2.91 bits per heavy atom. The maximum atomic E-state index is 12.1. The maximum Gasteiger partial charge on any atom is 0.221 e. The molecule has 1 heterocycles. The molecule has 0 aliphatic heterocycles. The molecule has 22 heavy (non-hydrogen) atoms. The molecule has 1 aromatic carbocycles. The van der Waals surface area contributed by atoms with Crippen molar-refractivity contribution in [1.29, 1.82) is 0 Å². The van der Waals surface area contributed by atoms with Gasteiger partial charge in [-0.05, 0) is 23.3 Å². The van der Waals surface area contributed by atoms with Crippen LogP contribution in [-0.2, 0) is 11.2 Å². The molecule has 114 valence electrons. The van der Waals surface area contributed by atoms with E-state index in [1.807, 2.05) is 42.5 Å². The van der Waals surface area contributed by atoms with Crippen LogP contribution < -0.4 is 5.32 Å². The fourth-order valence-corrected chi connectivity index (χ4v) is 3.48. The van der Waals surface area contributed by atoms with Crippen molar-refractivity contribution in [3.05, 3.63) is 59.8 Å². The Labute approximate surface area is 134 Å². The van der Waals surface area contributed by atoms with E-state index >= 15 is 0 Å². The molecule has 0 saturated carbocycles. The number of amides is 1. The van der Waals surface area contributed by atoms with Gasteiger partial charge in [-0.3, -0.25) is 4.79 Å². The van der Waals surface area contributed by atoms with Crippen LogP contribution in [0, 0.1) is 0 Å². The van der Waals surface area contributed by atoms with Crippen LogP contribution in [-0.4, -0.2) is 27.9 Å². The Balaban J connectivity index is 1.52. The van der Waals surface area contributed by atoms with Gasteiger partial charge in [0.1, 0.15) is 0 Å². The van der Waals surface area contributed by atoms with Crippen molar-refractivity contribution in [2.45, 2.75) is 30.0 Å². The van der Waals surface area contributed by atoms with E-state index in [1.165, 1.54) is 0 Å². The summed E-state index contributed by atoms with van der Waals surface area (Å²) in [5.74, 6) is 0.636. The average molecular weight is 314 g/mol. The van der Waals surface area contributed by atoms with E-state index in [1.54, 1.807) is 18.0 Å². The van der Waals surface area contributed by atoms with E-state index < -0.39 is 6.10 Å². The summed E-state index contributed by atoms with van der Waals surface area (Å²) in [7, 11) is 0. The van der Waals surface area contributed by atoms with Gasteiger partial charge in [-0.15, -0.1) is 11.8 Å². The van der Waals surface area contributed by atoms with Crippen molar-refractivity contribution < 1.29 is 9.90 Å². The van der Waals surface area contributed by atoms with Gasteiger partial charge in [0.15, 0.2) is 0 Å². The predicted molar refractivity (Wildman–Crippen MR) is 86.6 cm³/mol. The Morgan fingerprint density at radius 1 is 1.27 bits per heavy atom. The molecule has 1 aliphatic carbocycles. The van der Waals surface area contributed by atoms with Gasteiger partial charge < -0.3 is 10.4 Å². The number of thioether (sulfide) groups is 1. The van der Waals surface area contributed by atoms with Crippen LogP contribution in [0.4, 0.5) is 0 Å². The molecular weight excluding hydrogens is 296 g/mol. The standard InChI is InChI=1S/C17H18N2O2S/c20-14-11-12-5-1-2-6-13(12)17(14)19-15(21)8-10-22-16-7-3-4-9-18-16/h1-7,9,14,17,20H,8,10-11H2,(H,19,21)/t14-,17+/m0/s1. The van der Waals surface area contributed by atoms with Crippen molar-refractivity contribution in [1.82, 2.24) is 10.3 Å². The van der Waals surface area contributed by atoms with Crippen molar-refractivity contribution in [3.8, 4) is 0 Å². The summed E-state index contributed by atoms with van der Waals surface area (Å²) in [6.07, 6.45) is 2.22. The van der Waals surface area contributed by atoms with Gasteiger partial charge in [-0.1, -0.05) is 30.3 Å². The minimum Gasteiger partial charge on any atom is -0.390 e. The van der Waals surface area contributed by atoms with E-state index in [9.17, 15) is 9.90 Å². The number of aromatic nitrogens is 1. The van der Waals surface area contributed by atoms with E-state index in [-0.39, 0.29) is 11.9 Å². The second-order valence-electron chi connectivity index (χ2n) is 5.28. The van der Waals surface area contributed by atoms with Crippen LogP contribution in [0.2, 0.25) is 0 Å². The highest BCUT2D eigenvalue weighted by atomic mass is 32.2. The molecule has 0 bridgehead atoms. The highest BCUT2D eigenvalue weighted by molar-refractivity contribution is 7.99. The third kappa shape index (κ3) is 3.48. The first-order valence-corrected chi connectivity index (χ1v) is 8.31. The molecule has 0 fully saturated rings. The molecule has 2 N–H and O–H groups in total. The zero-order chi connectivity index (χ0) is 15.4. The molecule has 5 heteroatoms. The van der Waals surface area contributed by atoms with Crippen molar-refractivity contribution in [3.63, 3.8) is 0 Å². The van der Waals surface area contributed by atoms with Crippen molar-refractivity contribution >= 4 is 17.7 Å². The molecule has 2 aromatic rings. The lowest BCUT2D eigenvalue weighted by molar-refractivity contribution is -0.122. The van der Waals surface area contributed by atoms with Gasteiger partial charge in [0.25, 0.3) is 0 Å². The van der Waals surface area contributed by atoms with Gasteiger partial charge in [0.2, 0.25) is 5.91 Å². The second kappa shape index (κ2) is 6.94. The quantitative estimate of drug-likeness (QED) is 0.832. The Kier molecular flexibility index (Phi) is 4.75. The van der Waals surface area contributed by atoms with Gasteiger partial charge >= 0.3 is 0 Å². The first-order chi connectivity index (χ1) is 10.7. The third-order valence-electron chi connectivity index (χ3n) is 3.74. The van der Waals surface area contributed by atoms with Crippen molar-refractivity contribution in [2.75, 3.05) is 5.75 Å². The third-order valence-corrected chi connectivity index (χ3v) is 4.68. The zero-order valence-electron chi connectivity index (χ0n) is 12.1. The fourth-order valence-electron chi connectivity index (χ4n) is 2.67. The fraction of sp³-hybridized carbons (Fsp3) is 0.294. The summed E-state index contributed by atoms with van der Waals surface area (Å²) in [5.41, 5.74) is 2.14. The molecule has 1 aliphatic rings. The molecule has 3 rings (SSSR count). The zero-order valence-corrected chi connectivity index (χ0v) is 12.9. The molecule has 2 atom stereocenters. The molecule has 0 radical (unpaired) electrons.